The first kappa shape index (κ1) is 7.31. The van der Waals surface area contributed by atoms with E-state index in [1.54, 1.807) is 0 Å². The molecule has 0 rings (SSSR count). The van der Waals surface area contributed by atoms with E-state index in [0.29, 0.717) is 0 Å². The standard InChI is InChI=1S/C3H13N3P/c1-5-7(3,4)6-2/h5-6H,4H2,1-3H3/q+1. The summed E-state index contributed by atoms with van der Waals surface area (Å²) < 4.78 is 0. The monoisotopic (exact) mass is 122 g/mol. The van der Waals surface area contributed by atoms with Crippen LogP contribution in [0.1, 0.15) is 0 Å². The summed E-state index contributed by atoms with van der Waals surface area (Å²) >= 11 is 0. The fraction of sp³-hybridized carbons (Fsp3) is 1.00. The molecule has 0 spiro atoms. The Hall–Kier alpha value is 0.310. The third-order valence-electron chi connectivity index (χ3n) is 0.929. The normalized spacial score (nSPS) is 12.0. The minimum atomic E-state index is -1.40. The van der Waals surface area contributed by atoms with Crippen molar-refractivity contribution in [2.24, 2.45) is 5.50 Å². The van der Waals surface area contributed by atoms with Crippen molar-refractivity contribution in [1.82, 2.24) is 10.2 Å². The van der Waals surface area contributed by atoms with Crippen LogP contribution in [0.25, 0.3) is 0 Å². The molecule has 0 saturated carbocycles. The third kappa shape index (κ3) is 2.94. The first-order valence-corrected chi connectivity index (χ1v) is 4.46. The van der Waals surface area contributed by atoms with Crippen molar-refractivity contribution in [3.05, 3.63) is 0 Å². The van der Waals surface area contributed by atoms with Gasteiger partial charge in [-0.05, 0) is 0 Å². The highest BCUT2D eigenvalue weighted by molar-refractivity contribution is 7.68. The van der Waals surface area contributed by atoms with Crippen LogP contribution in [0.3, 0.4) is 0 Å². The molecule has 0 bridgehead atoms. The molecule has 7 heavy (non-hydrogen) atoms. The van der Waals surface area contributed by atoms with Crippen molar-refractivity contribution in [1.29, 1.82) is 0 Å². The first-order valence-electron chi connectivity index (χ1n) is 2.15. The van der Waals surface area contributed by atoms with E-state index in [1.165, 1.54) is 0 Å². The fourth-order valence-corrected chi connectivity index (χ4v) is 0.335. The smallest absolute Gasteiger partial charge is 0.174 e. The van der Waals surface area contributed by atoms with E-state index in [0.717, 1.165) is 0 Å². The molecule has 4 heteroatoms. The van der Waals surface area contributed by atoms with E-state index >= 15 is 0 Å². The van der Waals surface area contributed by atoms with Gasteiger partial charge in [0, 0.05) is 14.1 Å². The Morgan fingerprint density at radius 2 is 1.57 bits per heavy atom. The van der Waals surface area contributed by atoms with Gasteiger partial charge in [0.1, 0.15) is 0 Å². The lowest BCUT2D eigenvalue weighted by molar-refractivity contribution is 1.11. The number of rotatable bonds is 2. The maximum absolute atomic E-state index is 5.60. The predicted octanol–water partition coefficient (Wildman–Crippen LogP) is -0.224. The van der Waals surface area contributed by atoms with Gasteiger partial charge in [-0.2, -0.15) is 15.7 Å². The van der Waals surface area contributed by atoms with Crippen LogP contribution in [0.2, 0.25) is 0 Å². The molecule has 0 radical (unpaired) electrons. The van der Waals surface area contributed by atoms with Gasteiger partial charge in [-0.1, -0.05) is 0 Å². The Labute approximate surface area is 45.2 Å². The Morgan fingerprint density at radius 1 is 1.29 bits per heavy atom. The lowest BCUT2D eigenvalue weighted by Gasteiger charge is -2.11. The molecular formula is C3H13N3P+. The van der Waals surface area contributed by atoms with Gasteiger partial charge < -0.3 is 0 Å². The summed E-state index contributed by atoms with van der Waals surface area (Å²) in [6.45, 7) is 1.97. The Kier molecular flexibility index (Phi) is 2.69. The lowest BCUT2D eigenvalue weighted by Crippen LogP contribution is -2.27. The van der Waals surface area contributed by atoms with Crippen LogP contribution in [-0.2, 0) is 0 Å². The highest BCUT2D eigenvalue weighted by Crippen LogP contribution is 2.32. The molecule has 0 fully saturated rings. The molecule has 0 atom stereocenters. The van der Waals surface area contributed by atoms with Gasteiger partial charge >= 0.3 is 0 Å². The second-order valence-electron chi connectivity index (χ2n) is 1.52. The number of hydrogen-bond acceptors (Lipinski definition) is 3. The summed E-state index contributed by atoms with van der Waals surface area (Å²) in [7, 11) is 2.30. The molecule has 3 nitrogen and oxygen atoms in total. The minimum absolute atomic E-state index is 1.40. The van der Waals surface area contributed by atoms with Crippen molar-refractivity contribution in [2.75, 3.05) is 20.8 Å². The number of nitrogens with two attached hydrogens (primary N) is 1. The van der Waals surface area contributed by atoms with Crippen LogP contribution in [0, 0.1) is 0 Å². The second-order valence-corrected chi connectivity index (χ2v) is 4.57. The van der Waals surface area contributed by atoms with Crippen molar-refractivity contribution in [3.8, 4) is 0 Å². The van der Waals surface area contributed by atoms with Crippen LogP contribution >= 0.6 is 7.71 Å². The Balaban J connectivity index is 3.36. The van der Waals surface area contributed by atoms with Crippen molar-refractivity contribution in [3.63, 3.8) is 0 Å². The van der Waals surface area contributed by atoms with Gasteiger partial charge in [-0.3, -0.25) is 0 Å². The summed E-state index contributed by atoms with van der Waals surface area (Å²) in [5.74, 6) is 0. The summed E-state index contributed by atoms with van der Waals surface area (Å²) in [4.78, 5) is 0. The molecular weight excluding hydrogens is 109 g/mol. The average Bonchev–Trinajstić information content (AvgIpc) is 1.68. The Morgan fingerprint density at radius 3 is 1.57 bits per heavy atom. The molecule has 44 valence electrons. The van der Waals surface area contributed by atoms with Crippen molar-refractivity contribution >= 4 is 7.71 Å². The molecule has 4 N–H and O–H groups in total. The molecule has 0 saturated heterocycles. The van der Waals surface area contributed by atoms with Crippen molar-refractivity contribution < 1.29 is 0 Å². The quantitative estimate of drug-likeness (QED) is 0.444. The van der Waals surface area contributed by atoms with Gasteiger partial charge in [-0.25, -0.2) is 0 Å². The summed E-state index contributed by atoms with van der Waals surface area (Å²) in [5, 5.41) is 5.94. The highest BCUT2D eigenvalue weighted by Gasteiger charge is 2.18. The second kappa shape index (κ2) is 2.58. The van der Waals surface area contributed by atoms with Crippen LogP contribution in [0.5, 0.6) is 0 Å². The van der Waals surface area contributed by atoms with Gasteiger partial charge in [-0.15, -0.1) is 0 Å². The van der Waals surface area contributed by atoms with Gasteiger partial charge in [0.15, 0.2) is 0 Å². The molecule has 0 amide bonds. The van der Waals surface area contributed by atoms with E-state index in [-0.39, 0.29) is 0 Å². The minimum Gasteiger partial charge on any atom is -0.174 e. The van der Waals surface area contributed by atoms with Crippen LogP contribution < -0.4 is 15.7 Å². The molecule has 0 aliphatic rings. The maximum Gasteiger partial charge on any atom is 0.213 e. The summed E-state index contributed by atoms with van der Waals surface area (Å²) in [6, 6.07) is 0. The number of nitrogens with one attached hydrogen (secondary N) is 2. The van der Waals surface area contributed by atoms with Crippen LogP contribution in [0.4, 0.5) is 0 Å². The van der Waals surface area contributed by atoms with Gasteiger partial charge in [0.05, 0.1) is 6.66 Å². The van der Waals surface area contributed by atoms with E-state index in [1.807, 2.05) is 20.8 Å². The molecule has 0 unspecified atom stereocenters. The third-order valence-corrected chi connectivity index (χ3v) is 2.79. The van der Waals surface area contributed by atoms with E-state index < -0.39 is 7.71 Å². The fourth-order valence-electron chi connectivity index (χ4n) is 0.112. The average molecular weight is 122 g/mol. The highest BCUT2D eigenvalue weighted by atomic mass is 31.2. The van der Waals surface area contributed by atoms with E-state index in [2.05, 4.69) is 10.2 Å². The summed E-state index contributed by atoms with van der Waals surface area (Å²) in [5.41, 5.74) is 5.60. The lowest BCUT2D eigenvalue weighted by atomic mass is 11.6. The largest absolute Gasteiger partial charge is 0.213 e. The number of hydrogen-bond donors (Lipinski definition) is 3. The van der Waals surface area contributed by atoms with E-state index in [9.17, 15) is 0 Å². The first-order chi connectivity index (χ1) is 3.12. The molecule has 0 aromatic heterocycles. The van der Waals surface area contributed by atoms with E-state index in [4.69, 9.17) is 5.50 Å². The molecule has 0 aliphatic carbocycles. The predicted molar refractivity (Wildman–Crippen MR) is 35.2 cm³/mol. The van der Waals surface area contributed by atoms with Gasteiger partial charge in [0.25, 0.3) is 0 Å². The molecule has 0 aromatic carbocycles. The van der Waals surface area contributed by atoms with Crippen molar-refractivity contribution in [2.45, 2.75) is 0 Å². The van der Waals surface area contributed by atoms with Crippen LogP contribution in [-0.4, -0.2) is 20.8 Å². The molecule has 0 aliphatic heterocycles. The maximum atomic E-state index is 5.60. The zero-order valence-corrected chi connectivity index (χ0v) is 5.92. The van der Waals surface area contributed by atoms with Crippen LogP contribution in [0.15, 0.2) is 0 Å². The topological polar surface area (TPSA) is 50.1 Å². The molecule has 0 aromatic rings. The SMILES string of the molecule is CN[P+](C)(N)NC. The zero-order chi connectivity index (χ0) is 5.91. The molecule has 0 heterocycles. The zero-order valence-electron chi connectivity index (χ0n) is 5.02. The van der Waals surface area contributed by atoms with Gasteiger partial charge in [0.2, 0.25) is 7.71 Å². The Bertz CT molecular complexity index is 48.1. The summed E-state index contributed by atoms with van der Waals surface area (Å²) in [6.07, 6.45) is 0.